The Hall–Kier alpha value is -1.38. The summed E-state index contributed by atoms with van der Waals surface area (Å²) in [4.78, 5) is 0. The molecule has 0 aliphatic rings. The van der Waals surface area contributed by atoms with Crippen LogP contribution in [-0.2, 0) is 0 Å². The summed E-state index contributed by atoms with van der Waals surface area (Å²) in [7, 11) is 0. The zero-order valence-corrected chi connectivity index (χ0v) is 11.7. The molecule has 19 heavy (non-hydrogen) atoms. The highest BCUT2D eigenvalue weighted by Gasteiger charge is 2.09. The second-order valence-electron chi connectivity index (χ2n) is 5.18. The molecule has 0 bridgehead atoms. The molecule has 0 heterocycles. The predicted molar refractivity (Wildman–Crippen MR) is 82.8 cm³/mol. The molecule has 0 aromatic heterocycles. The maximum absolute atomic E-state index is 5.71. The lowest BCUT2D eigenvalue weighted by Crippen LogP contribution is -2.27. The van der Waals surface area contributed by atoms with Crippen LogP contribution in [0.2, 0.25) is 0 Å². The first kappa shape index (κ1) is 14.0. The predicted octanol–water partition coefficient (Wildman–Crippen LogP) is 4.31. The van der Waals surface area contributed by atoms with E-state index in [-0.39, 0.29) is 6.04 Å². The Morgan fingerprint density at radius 1 is 1.00 bits per heavy atom. The minimum absolute atomic E-state index is 0.265. The van der Waals surface area contributed by atoms with Crippen molar-refractivity contribution in [3.05, 3.63) is 48.0 Å². The van der Waals surface area contributed by atoms with Crippen molar-refractivity contribution in [3.8, 4) is 0 Å². The quantitative estimate of drug-likeness (QED) is 0.440. The molecular formula is C17H24N2. The van der Waals surface area contributed by atoms with Gasteiger partial charge < -0.3 is 0 Å². The number of hydrogen-bond acceptors (Lipinski definition) is 2. The summed E-state index contributed by atoms with van der Waals surface area (Å²) in [5.74, 6) is 5.71. The van der Waals surface area contributed by atoms with E-state index in [0.29, 0.717) is 0 Å². The van der Waals surface area contributed by atoms with E-state index in [1.165, 1.54) is 42.0 Å². The summed E-state index contributed by atoms with van der Waals surface area (Å²) in [5, 5.41) is 2.57. The highest BCUT2D eigenvalue weighted by atomic mass is 15.2. The van der Waals surface area contributed by atoms with Crippen LogP contribution in [0, 0.1) is 0 Å². The third kappa shape index (κ3) is 3.79. The largest absolute Gasteiger partial charge is 0.271 e. The van der Waals surface area contributed by atoms with E-state index in [4.69, 9.17) is 5.84 Å². The van der Waals surface area contributed by atoms with Crippen molar-refractivity contribution in [3.63, 3.8) is 0 Å². The smallest absolute Gasteiger partial charge is 0.0460 e. The maximum Gasteiger partial charge on any atom is 0.0460 e. The molecule has 1 unspecified atom stereocenters. The Morgan fingerprint density at radius 3 is 2.53 bits per heavy atom. The van der Waals surface area contributed by atoms with Crippen molar-refractivity contribution in [1.29, 1.82) is 0 Å². The summed E-state index contributed by atoms with van der Waals surface area (Å²) in [6.45, 7) is 2.24. The summed E-state index contributed by atoms with van der Waals surface area (Å²) in [6.07, 6.45) is 6.22. The fourth-order valence-electron chi connectivity index (χ4n) is 2.55. The molecule has 1 atom stereocenters. The standard InChI is InChI=1S/C17H24N2/c1-2-3-4-5-10-17(19-18)16-12-11-14-8-6-7-9-15(14)13-16/h6-9,11-13,17,19H,2-5,10,18H2,1H3. The first-order valence-electron chi connectivity index (χ1n) is 7.30. The van der Waals surface area contributed by atoms with Crippen molar-refractivity contribution in [1.82, 2.24) is 5.43 Å². The van der Waals surface area contributed by atoms with Crippen LogP contribution in [0.5, 0.6) is 0 Å². The highest BCUT2D eigenvalue weighted by Crippen LogP contribution is 2.23. The van der Waals surface area contributed by atoms with Crippen LogP contribution in [0.3, 0.4) is 0 Å². The van der Waals surface area contributed by atoms with Crippen molar-refractivity contribution >= 4 is 10.8 Å². The van der Waals surface area contributed by atoms with Gasteiger partial charge in [-0.3, -0.25) is 11.3 Å². The van der Waals surface area contributed by atoms with Crippen LogP contribution < -0.4 is 11.3 Å². The summed E-state index contributed by atoms with van der Waals surface area (Å²) in [6, 6.07) is 15.3. The van der Waals surface area contributed by atoms with Crippen LogP contribution in [0.1, 0.15) is 50.6 Å². The minimum atomic E-state index is 0.265. The number of hydrogen-bond donors (Lipinski definition) is 2. The van der Waals surface area contributed by atoms with E-state index in [9.17, 15) is 0 Å². The molecule has 0 saturated carbocycles. The molecule has 0 amide bonds. The van der Waals surface area contributed by atoms with Crippen LogP contribution in [-0.4, -0.2) is 0 Å². The lowest BCUT2D eigenvalue weighted by Gasteiger charge is -2.17. The van der Waals surface area contributed by atoms with Gasteiger partial charge in [0.25, 0.3) is 0 Å². The molecule has 0 aliphatic carbocycles. The van der Waals surface area contributed by atoms with Gasteiger partial charge in [0, 0.05) is 6.04 Å². The van der Waals surface area contributed by atoms with Gasteiger partial charge in [0.05, 0.1) is 0 Å². The lowest BCUT2D eigenvalue weighted by molar-refractivity contribution is 0.482. The number of nitrogens with two attached hydrogens (primary N) is 1. The molecule has 3 N–H and O–H groups in total. The SMILES string of the molecule is CCCCCCC(NN)c1ccc2ccccc2c1. The zero-order valence-electron chi connectivity index (χ0n) is 11.7. The summed E-state index contributed by atoms with van der Waals surface area (Å²) < 4.78 is 0. The molecule has 0 radical (unpaired) electrons. The first-order valence-corrected chi connectivity index (χ1v) is 7.30. The second kappa shape index (κ2) is 7.27. The molecule has 2 nitrogen and oxygen atoms in total. The van der Waals surface area contributed by atoms with Gasteiger partial charge in [-0.05, 0) is 28.8 Å². The third-order valence-electron chi connectivity index (χ3n) is 3.72. The molecule has 2 heteroatoms. The topological polar surface area (TPSA) is 38.0 Å². The van der Waals surface area contributed by atoms with Crippen molar-refractivity contribution in [2.24, 2.45) is 5.84 Å². The van der Waals surface area contributed by atoms with Gasteiger partial charge in [-0.2, -0.15) is 0 Å². The summed E-state index contributed by atoms with van der Waals surface area (Å²) in [5.41, 5.74) is 4.25. The Balaban J connectivity index is 2.07. The van der Waals surface area contributed by atoms with E-state index in [2.05, 4.69) is 54.8 Å². The number of benzene rings is 2. The van der Waals surface area contributed by atoms with E-state index in [1.807, 2.05) is 0 Å². The molecule has 0 aliphatic heterocycles. The van der Waals surface area contributed by atoms with Crippen molar-refractivity contribution < 1.29 is 0 Å². The molecular weight excluding hydrogens is 232 g/mol. The molecule has 2 aromatic carbocycles. The van der Waals surface area contributed by atoms with Crippen LogP contribution in [0.4, 0.5) is 0 Å². The molecule has 2 rings (SSSR count). The van der Waals surface area contributed by atoms with Gasteiger partial charge >= 0.3 is 0 Å². The van der Waals surface area contributed by atoms with Crippen LogP contribution in [0.15, 0.2) is 42.5 Å². The second-order valence-corrected chi connectivity index (χ2v) is 5.18. The van der Waals surface area contributed by atoms with E-state index < -0.39 is 0 Å². The first-order chi connectivity index (χ1) is 9.35. The minimum Gasteiger partial charge on any atom is -0.271 e. The van der Waals surface area contributed by atoms with E-state index in [0.717, 1.165) is 6.42 Å². The Morgan fingerprint density at radius 2 is 1.79 bits per heavy atom. The van der Waals surface area contributed by atoms with Gasteiger partial charge in [0.15, 0.2) is 0 Å². The fraction of sp³-hybridized carbons (Fsp3) is 0.412. The fourth-order valence-corrected chi connectivity index (χ4v) is 2.55. The molecule has 0 saturated heterocycles. The average molecular weight is 256 g/mol. The molecule has 2 aromatic rings. The monoisotopic (exact) mass is 256 g/mol. The van der Waals surface area contributed by atoms with Crippen LogP contribution in [0.25, 0.3) is 10.8 Å². The van der Waals surface area contributed by atoms with Gasteiger partial charge in [-0.15, -0.1) is 0 Å². The van der Waals surface area contributed by atoms with Gasteiger partial charge in [0.1, 0.15) is 0 Å². The third-order valence-corrected chi connectivity index (χ3v) is 3.72. The van der Waals surface area contributed by atoms with Gasteiger partial charge in [-0.1, -0.05) is 69.0 Å². The number of fused-ring (bicyclic) bond motifs is 1. The van der Waals surface area contributed by atoms with Crippen molar-refractivity contribution in [2.75, 3.05) is 0 Å². The van der Waals surface area contributed by atoms with Crippen molar-refractivity contribution in [2.45, 2.75) is 45.1 Å². The van der Waals surface area contributed by atoms with Crippen LogP contribution >= 0.6 is 0 Å². The lowest BCUT2D eigenvalue weighted by atomic mass is 9.98. The molecule has 0 spiro atoms. The maximum atomic E-state index is 5.71. The molecule has 102 valence electrons. The Labute approximate surface area is 116 Å². The van der Waals surface area contributed by atoms with E-state index >= 15 is 0 Å². The van der Waals surface area contributed by atoms with Gasteiger partial charge in [-0.25, -0.2) is 0 Å². The number of rotatable bonds is 7. The Bertz CT molecular complexity index is 507. The van der Waals surface area contributed by atoms with Gasteiger partial charge in [0.2, 0.25) is 0 Å². The normalized spacial score (nSPS) is 12.7. The number of nitrogens with one attached hydrogen (secondary N) is 1. The number of hydrazine groups is 1. The highest BCUT2D eigenvalue weighted by molar-refractivity contribution is 5.83. The van der Waals surface area contributed by atoms with E-state index in [1.54, 1.807) is 0 Å². The molecule has 0 fully saturated rings. The summed E-state index contributed by atoms with van der Waals surface area (Å²) >= 11 is 0. The Kier molecular flexibility index (Phi) is 5.37. The number of unbranched alkanes of at least 4 members (excludes halogenated alkanes) is 3. The zero-order chi connectivity index (χ0) is 13.5. The average Bonchev–Trinajstić information content (AvgIpc) is 2.47.